The van der Waals surface area contributed by atoms with Crippen LogP contribution in [0.15, 0.2) is 47.6 Å². The number of benzene rings is 2. The third kappa shape index (κ3) is 6.84. The number of hydrazone groups is 1. The van der Waals surface area contributed by atoms with Crippen LogP contribution in [0.25, 0.3) is 0 Å². The lowest BCUT2D eigenvalue weighted by atomic mass is 10.2. The van der Waals surface area contributed by atoms with E-state index in [0.29, 0.717) is 16.5 Å². The maximum Gasteiger partial charge on any atom is 0.249 e. The minimum atomic E-state index is -0.532. The average molecular weight is 384 g/mol. The van der Waals surface area contributed by atoms with Gasteiger partial charge < -0.3 is 10.1 Å². The monoisotopic (exact) mass is 383 g/mol. The molecule has 2 aromatic carbocycles. The molecule has 0 radical (unpaired) electrons. The summed E-state index contributed by atoms with van der Waals surface area (Å²) >= 11 is 6.00. The van der Waals surface area contributed by atoms with Crippen molar-refractivity contribution in [2.24, 2.45) is 5.10 Å². The fraction of sp³-hybridized carbons (Fsp3) is 0.150. The third-order valence-corrected chi connectivity index (χ3v) is 3.79. The first-order chi connectivity index (χ1) is 13.0. The molecule has 0 aliphatic heterocycles. The Morgan fingerprint density at radius 1 is 1.22 bits per heavy atom. The normalized spacial score (nSPS) is 10.3. The number of hydrogen-bond donors (Lipinski definition) is 2. The van der Waals surface area contributed by atoms with Gasteiger partial charge in [-0.05, 0) is 54.4 Å². The first kappa shape index (κ1) is 20.0. The van der Waals surface area contributed by atoms with E-state index in [2.05, 4.69) is 21.8 Å². The number of carbonyl (C=O) groups excluding carboxylic acids is 2. The van der Waals surface area contributed by atoms with Crippen LogP contribution >= 0.6 is 11.6 Å². The lowest BCUT2D eigenvalue weighted by Gasteiger charge is -2.06. The molecule has 2 amide bonds. The van der Waals surface area contributed by atoms with Crippen LogP contribution < -0.4 is 15.5 Å². The zero-order valence-corrected chi connectivity index (χ0v) is 15.4. The van der Waals surface area contributed by atoms with E-state index in [1.165, 1.54) is 6.21 Å². The van der Waals surface area contributed by atoms with Gasteiger partial charge in [0.2, 0.25) is 11.8 Å². The molecule has 0 saturated heterocycles. The smallest absolute Gasteiger partial charge is 0.249 e. The van der Waals surface area contributed by atoms with E-state index in [-0.39, 0.29) is 13.0 Å². The van der Waals surface area contributed by atoms with E-state index >= 15 is 0 Å². The summed E-state index contributed by atoms with van der Waals surface area (Å²) in [5, 5.41) is 6.97. The predicted octanol–water partition coefficient (Wildman–Crippen LogP) is 3.14. The maximum atomic E-state index is 11.9. The summed E-state index contributed by atoms with van der Waals surface area (Å²) in [5.74, 6) is 2.03. The summed E-state index contributed by atoms with van der Waals surface area (Å²) in [7, 11) is 0. The Bertz CT molecular complexity index is 886. The number of terminal acetylenes is 1. The predicted molar refractivity (Wildman–Crippen MR) is 106 cm³/mol. The Morgan fingerprint density at radius 3 is 2.63 bits per heavy atom. The van der Waals surface area contributed by atoms with Crippen LogP contribution in [0.5, 0.6) is 5.75 Å². The number of nitrogens with zero attached hydrogens (tertiary/aromatic N) is 1. The van der Waals surface area contributed by atoms with Crippen molar-refractivity contribution in [1.29, 1.82) is 0 Å². The minimum Gasteiger partial charge on any atom is -0.481 e. The molecular formula is C20H18ClN3O3. The average Bonchev–Trinajstić information content (AvgIpc) is 2.64. The highest BCUT2D eigenvalue weighted by Gasteiger charge is 2.09. The van der Waals surface area contributed by atoms with Gasteiger partial charge in [0.15, 0.2) is 0 Å². The zero-order chi connectivity index (χ0) is 19.6. The van der Waals surface area contributed by atoms with Gasteiger partial charge >= 0.3 is 0 Å². The van der Waals surface area contributed by atoms with Crippen LogP contribution in [-0.4, -0.2) is 24.6 Å². The van der Waals surface area contributed by atoms with Crippen LogP contribution in [0, 0.1) is 19.3 Å². The molecule has 27 heavy (non-hydrogen) atoms. The lowest BCUT2D eigenvalue weighted by Crippen LogP contribution is -2.24. The summed E-state index contributed by atoms with van der Waals surface area (Å²) in [6.07, 6.45) is 6.22. The number of nitrogens with one attached hydrogen (secondary N) is 2. The van der Waals surface area contributed by atoms with Crippen molar-refractivity contribution in [3.8, 4) is 18.1 Å². The van der Waals surface area contributed by atoms with Crippen LogP contribution in [0.1, 0.15) is 17.5 Å². The fourth-order valence-electron chi connectivity index (χ4n) is 2.02. The van der Waals surface area contributed by atoms with Gasteiger partial charge in [0.25, 0.3) is 0 Å². The Balaban J connectivity index is 1.79. The molecule has 0 unspecified atom stereocenters. The molecule has 0 aliphatic carbocycles. The van der Waals surface area contributed by atoms with E-state index in [9.17, 15) is 9.59 Å². The van der Waals surface area contributed by atoms with Crippen LogP contribution in [0.2, 0.25) is 5.02 Å². The zero-order valence-electron chi connectivity index (χ0n) is 14.7. The molecule has 0 heterocycles. The molecule has 6 nitrogen and oxygen atoms in total. The van der Waals surface area contributed by atoms with Crippen molar-refractivity contribution in [1.82, 2.24) is 5.43 Å². The number of hydrogen-bond acceptors (Lipinski definition) is 4. The highest BCUT2D eigenvalue weighted by atomic mass is 35.5. The second-order valence-corrected chi connectivity index (χ2v) is 5.95. The number of halogens is 1. The van der Waals surface area contributed by atoms with Crippen molar-refractivity contribution in [2.45, 2.75) is 13.3 Å². The van der Waals surface area contributed by atoms with Gasteiger partial charge in [0.05, 0.1) is 6.21 Å². The largest absolute Gasteiger partial charge is 0.481 e. The van der Waals surface area contributed by atoms with Gasteiger partial charge in [-0.1, -0.05) is 23.6 Å². The standard InChI is InChI=1S/C20H18ClN3O3/c1-3-10-27-17-8-5-15(6-9-17)13-22-24-20(26)12-19(25)23-16-7-4-14(2)18(21)11-16/h1,4-9,11,13H,10,12H2,2H3,(H,23,25)(H,24,26). The minimum absolute atomic E-state index is 0.195. The number of ether oxygens (including phenoxy) is 1. The van der Waals surface area contributed by atoms with E-state index < -0.39 is 11.8 Å². The fourth-order valence-corrected chi connectivity index (χ4v) is 2.20. The summed E-state index contributed by atoms with van der Waals surface area (Å²) < 4.78 is 5.26. The highest BCUT2D eigenvalue weighted by Crippen LogP contribution is 2.20. The number of carbonyl (C=O) groups is 2. The third-order valence-electron chi connectivity index (χ3n) is 3.38. The summed E-state index contributed by atoms with van der Waals surface area (Å²) in [6.45, 7) is 2.05. The van der Waals surface area contributed by atoms with Crippen molar-refractivity contribution in [2.75, 3.05) is 11.9 Å². The van der Waals surface area contributed by atoms with Crippen LogP contribution in [-0.2, 0) is 9.59 Å². The van der Waals surface area contributed by atoms with Gasteiger partial charge in [-0.3, -0.25) is 9.59 Å². The molecule has 0 spiro atoms. The molecule has 138 valence electrons. The summed E-state index contributed by atoms with van der Waals surface area (Å²) in [5.41, 5.74) is 4.48. The van der Waals surface area contributed by atoms with E-state index in [1.807, 2.05) is 6.92 Å². The Kier molecular flexibility index (Phi) is 7.41. The molecule has 0 bridgehead atoms. The molecule has 2 rings (SSSR count). The molecule has 0 atom stereocenters. The lowest BCUT2D eigenvalue weighted by molar-refractivity contribution is -0.126. The van der Waals surface area contributed by atoms with Gasteiger partial charge in [-0.15, -0.1) is 6.42 Å². The Labute approximate surface area is 162 Å². The first-order valence-corrected chi connectivity index (χ1v) is 8.40. The molecule has 2 N–H and O–H groups in total. The van der Waals surface area contributed by atoms with E-state index in [4.69, 9.17) is 22.8 Å². The van der Waals surface area contributed by atoms with E-state index in [1.54, 1.807) is 42.5 Å². The van der Waals surface area contributed by atoms with E-state index in [0.717, 1.165) is 11.1 Å². The van der Waals surface area contributed by atoms with Crippen LogP contribution in [0.3, 0.4) is 0 Å². The first-order valence-electron chi connectivity index (χ1n) is 8.02. The second-order valence-electron chi connectivity index (χ2n) is 5.54. The number of rotatable bonds is 7. The van der Waals surface area contributed by atoms with Crippen LogP contribution in [0.4, 0.5) is 5.69 Å². The topological polar surface area (TPSA) is 79.8 Å². The molecule has 0 fully saturated rings. The molecule has 2 aromatic rings. The van der Waals surface area contributed by atoms with Gasteiger partial charge in [0.1, 0.15) is 18.8 Å². The number of aryl methyl sites for hydroxylation is 1. The Hall–Kier alpha value is -3.30. The molecule has 0 aliphatic rings. The number of anilines is 1. The number of amides is 2. The van der Waals surface area contributed by atoms with Gasteiger partial charge in [0, 0.05) is 10.7 Å². The van der Waals surface area contributed by atoms with Gasteiger partial charge in [-0.25, -0.2) is 5.43 Å². The van der Waals surface area contributed by atoms with Crippen molar-refractivity contribution in [3.63, 3.8) is 0 Å². The summed E-state index contributed by atoms with van der Waals surface area (Å²) in [6, 6.07) is 12.1. The molecule has 0 aromatic heterocycles. The summed E-state index contributed by atoms with van der Waals surface area (Å²) in [4.78, 5) is 23.7. The van der Waals surface area contributed by atoms with Crippen molar-refractivity contribution < 1.29 is 14.3 Å². The van der Waals surface area contributed by atoms with Crippen molar-refractivity contribution in [3.05, 3.63) is 58.6 Å². The molecule has 0 saturated carbocycles. The van der Waals surface area contributed by atoms with Gasteiger partial charge in [-0.2, -0.15) is 5.10 Å². The maximum absolute atomic E-state index is 11.9. The Morgan fingerprint density at radius 2 is 1.96 bits per heavy atom. The van der Waals surface area contributed by atoms with Crippen molar-refractivity contribution >= 4 is 35.3 Å². The molecular weight excluding hydrogens is 366 g/mol. The second kappa shape index (κ2) is 10.00. The highest BCUT2D eigenvalue weighted by molar-refractivity contribution is 6.31. The molecule has 7 heteroatoms. The quantitative estimate of drug-likeness (QED) is 0.333. The SMILES string of the molecule is C#CCOc1ccc(C=NNC(=O)CC(=O)Nc2ccc(C)c(Cl)c2)cc1.